The lowest BCUT2D eigenvalue weighted by molar-refractivity contribution is 0.0521. The predicted molar refractivity (Wildman–Crippen MR) is 58.2 cm³/mol. The molecule has 1 N–H and O–H groups in total. The highest BCUT2D eigenvalue weighted by Gasteiger charge is 2.49. The average Bonchev–Trinajstić information content (AvgIpc) is 2.82. The molecule has 2 unspecified atom stereocenters. The molecule has 2 atom stereocenters. The first-order valence-corrected chi connectivity index (χ1v) is 6.03. The van der Waals surface area contributed by atoms with E-state index in [4.69, 9.17) is 5.26 Å². The first-order valence-electron chi connectivity index (χ1n) is 6.03. The van der Waals surface area contributed by atoms with Gasteiger partial charge in [-0.25, -0.2) is 0 Å². The van der Waals surface area contributed by atoms with Gasteiger partial charge in [-0.3, -0.25) is 4.90 Å². The molecule has 1 aliphatic heterocycles. The van der Waals surface area contributed by atoms with Crippen molar-refractivity contribution in [2.75, 3.05) is 19.7 Å². The molecule has 2 fully saturated rings. The topological polar surface area (TPSA) is 47.3 Å². The summed E-state index contributed by atoms with van der Waals surface area (Å²) in [6, 6.07) is 2.18. The van der Waals surface area contributed by atoms with Gasteiger partial charge in [-0.15, -0.1) is 0 Å². The molecular weight excluding hydrogens is 188 g/mol. The minimum atomic E-state index is 0.122. The first kappa shape index (κ1) is 10.9. The lowest BCUT2D eigenvalue weighted by atomic mass is 9.98. The van der Waals surface area contributed by atoms with Gasteiger partial charge in [0.25, 0.3) is 0 Å². The van der Waals surface area contributed by atoms with E-state index >= 15 is 0 Å². The molecule has 0 aromatic rings. The molecule has 1 saturated heterocycles. The molecule has 0 amide bonds. The van der Waals surface area contributed by atoms with Gasteiger partial charge in [0, 0.05) is 18.5 Å². The average molecular weight is 208 g/mol. The molecule has 84 valence electrons. The summed E-state index contributed by atoms with van der Waals surface area (Å²) in [4.78, 5) is 2.47. The molecule has 2 bridgehead atoms. The Morgan fingerprint density at radius 2 is 2.33 bits per heavy atom. The van der Waals surface area contributed by atoms with Crippen LogP contribution in [0.3, 0.4) is 0 Å². The van der Waals surface area contributed by atoms with Gasteiger partial charge in [0.1, 0.15) is 0 Å². The van der Waals surface area contributed by atoms with Crippen molar-refractivity contribution >= 4 is 0 Å². The Hall–Kier alpha value is -0.590. The van der Waals surface area contributed by atoms with E-state index in [9.17, 15) is 5.11 Å². The molecule has 2 aliphatic rings. The standard InChI is InChI=1S/C12H20N2O/c13-6-2-1-3-7-14-9-11-4-5-12(14,8-11)10-15/h11,15H,1-5,7-10H2. The van der Waals surface area contributed by atoms with Gasteiger partial charge < -0.3 is 5.11 Å². The Morgan fingerprint density at radius 1 is 1.47 bits per heavy atom. The van der Waals surface area contributed by atoms with Crippen molar-refractivity contribution in [1.82, 2.24) is 4.90 Å². The van der Waals surface area contributed by atoms with Crippen LogP contribution >= 0.6 is 0 Å². The summed E-state index contributed by atoms with van der Waals surface area (Å²) < 4.78 is 0. The largest absolute Gasteiger partial charge is 0.394 e. The number of likely N-dealkylation sites (tertiary alicyclic amines) is 1. The zero-order valence-corrected chi connectivity index (χ0v) is 9.28. The first-order chi connectivity index (χ1) is 7.30. The zero-order chi connectivity index (χ0) is 10.7. The van der Waals surface area contributed by atoms with Gasteiger partial charge in [-0.05, 0) is 44.6 Å². The van der Waals surface area contributed by atoms with Crippen molar-refractivity contribution in [3.05, 3.63) is 0 Å². The highest BCUT2D eigenvalue weighted by Crippen LogP contribution is 2.46. The molecule has 0 radical (unpaired) electrons. The van der Waals surface area contributed by atoms with Crippen molar-refractivity contribution in [2.24, 2.45) is 5.92 Å². The molecule has 15 heavy (non-hydrogen) atoms. The molecule has 3 heteroatoms. The summed E-state index contributed by atoms with van der Waals surface area (Å²) in [5.74, 6) is 0.827. The van der Waals surface area contributed by atoms with Crippen LogP contribution in [-0.4, -0.2) is 35.2 Å². The number of rotatable bonds is 5. The Bertz CT molecular complexity index is 261. The highest BCUT2D eigenvalue weighted by atomic mass is 16.3. The van der Waals surface area contributed by atoms with Crippen LogP contribution in [0, 0.1) is 17.2 Å². The number of aliphatic hydroxyl groups is 1. The Morgan fingerprint density at radius 3 is 3.00 bits per heavy atom. The smallest absolute Gasteiger partial charge is 0.0621 e. The quantitative estimate of drug-likeness (QED) is 0.697. The number of piperidine rings is 1. The van der Waals surface area contributed by atoms with E-state index in [0.29, 0.717) is 13.0 Å². The van der Waals surface area contributed by atoms with Crippen molar-refractivity contribution < 1.29 is 5.11 Å². The number of hydrogen-bond acceptors (Lipinski definition) is 3. The normalized spacial score (nSPS) is 34.5. The van der Waals surface area contributed by atoms with Crippen molar-refractivity contribution in [2.45, 2.75) is 44.1 Å². The number of nitrogens with zero attached hydrogens (tertiary/aromatic N) is 2. The second kappa shape index (κ2) is 4.51. The van der Waals surface area contributed by atoms with Crippen LogP contribution in [0.5, 0.6) is 0 Å². The molecule has 1 aliphatic carbocycles. The van der Waals surface area contributed by atoms with E-state index in [1.807, 2.05) is 0 Å². The summed E-state index contributed by atoms with van der Waals surface area (Å²) in [6.45, 7) is 2.56. The zero-order valence-electron chi connectivity index (χ0n) is 9.28. The van der Waals surface area contributed by atoms with E-state index < -0.39 is 0 Å². The van der Waals surface area contributed by atoms with Crippen LogP contribution in [0.15, 0.2) is 0 Å². The van der Waals surface area contributed by atoms with Crippen LogP contribution in [-0.2, 0) is 0 Å². The Balaban J connectivity index is 1.81. The second-order valence-corrected chi connectivity index (χ2v) is 5.05. The monoisotopic (exact) mass is 208 g/mol. The van der Waals surface area contributed by atoms with Crippen molar-refractivity contribution in [3.8, 4) is 6.07 Å². The minimum Gasteiger partial charge on any atom is -0.394 e. The number of unbranched alkanes of at least 4 members (excludes halogenated alkanes) is 2. The van der Waals surface area contributed by atoms with E-state index in [0.717, 1.165) is 25.3 Å². The summed E-state index contributed by atoms with van der Waals surface area (Å²) in [6.07, 6.45) is 6.44. The maximum atomic E-state index is 9.52. The fourth-order valence-corrected chi connectivity index (χ4v) is 3.24. The molecule has 0 aromatic carbocycles. The third-order valence-corrected chi connectivity index (χ3v) is 4.10. The highest BCUT2D eigenvalue weighted by molar-refractivity contribution is 5.04. The molecule has 0 spiro atoms. The van der Waals surface area contributed by atoms with Crippen LogP contribution < -0.4 is 0 Å². The molecule has 1 saturated carbocycles. The minimum absolute atomic E-state index is 0.122. The Kier molecular flexibility index (Phi) is 3.28. The van der Waals surface area contributed by atoms with E-state index in [2.05, 4.69) is 11.0 Å². The van der Waals surface area contributed by atoms with Gasteiger partial charge in [0.2, 0.25) is 0 Å². The molecule has 0 aromatic heterocycles. The van der Waals surface area contributed by atoms with Gasteiger partial charge >= 0.3 is 0 Å². The summed E-state index contributed by atoms with van der Waals surface area (Å²) >= 11 is 0. The molecule has 1 heterocycles. The van der Waals surface area contributed by atoms with Crippen LogP contribution in [0.4, 0.5) is 0 Å². The van der Waals surface area contributed by atoms with E-state index in [-0.39, 0.29) is 5.54 Å². The summed E-state index contributed by atoms with van der Waals surface area (Å²) in [7, 11) is 0. The summed E-state index contributed by atoms with van der Waals surface area (Å²) in [5, 5.41) is 18.0. The number of nitriles is 1. The molecular formula is C12H20N2O. The third-order valence-electron chi connectivity index (χ3n) is 4.10. The van der Waals surface area contributed by atoms with E-state index in [1.54, 1.807) is 0 Å². The fraction of sp³-hybridized carbons (Fsp3) is 0.917. The van der Waals surface area contributed by atoms with Gasteiger partial charge in [0.15, 0.2) is 0 Å². The number of fused-ring (bicyclic) bond motifs is 2. The molecule has 2 rings (SSSR count). The predicted octanol–water partition coefficient (Wildman–Crippen LogP) is 1.53. The summed E-state index contributed by atoms with van der Waals surface area (Å²) in [5.41, 5.74) is 0.122. The van der Waals surface area contributed by atoms with Crippen molar-refractivity contribution in [3.63, 3.8) is 0 Å². The maximum absolute atomic E-state index is 9.52. The fourth-order valence-electron chi connectivity index (χ4n) is 3.24. The number of hydrogen-bond donors (Lipinski definition) is 1. The van der Waals surface area contributed by atoms with Gasteiger partial charge in [-0.1, -0.05) is 0 Å². The van der Waals surface area contributed by atoms with Crippen LogP contribution in [0.1, 0.15) is 38.5 Å². The van der Waals surface area contributed by atoms with Crippen LogP contribution in [0.25, 0.3) is 0 Å². The Labute approximate surface area is 91.7 Å². The maximum Gasteiger partial charge on any atom is 0.0621 e. The molecule has 3 nitrogen and oxygen atoms in total. The van der Waals surface area contributed by atoms with Crippen LogP contribution in [0.2, 0.25) is 0 Å². The lowest BCUT2D eigenvalue weighted by Crippen LogP contribution is -2.47. The SMILES string of the molecule is N#CCCCCN1CC2CCC1(CO)C2. The number of aliphatic hydroxyl groups excluding tert-OH is 1. The third kappa shape index (κ3) is 2.02. The van der Waals surface area contributed by atoms with Gasteiger partial charge in [-0.2, -0.15) is 5.26 Å². The van der Waals surface area contributed by atoms with Crippen molar-refractivity contribution in [1.29, 1.82) is 5.26 Å². The van der Waals surface area contributed by atoms with E-state index in [1.165, 1.54) is 25.8 Å². The lowest BCUT2D eigenvalue weighted by Gasteiger charge is -2.37. The van der Waals surface area contributed by atoms with Gasteiger partial charge in [0.05, 0.1) is 12.7 Å². The second-order valence-electron chi connectivity index (χ2n) is 5.05.